The quantitative estimate of drug-likeness (QED) is 0.880. The molecule has 2 nitrogen and oxygen atoms in total. The summed E-state index contributed by atoms with van der Waals surface area (Å²) < 4.78 is 40.2. The molecule has 84 valence electrons. The third-order valence-electron chi connectivity index (χ3n) is 1.63. The third-order valence-corrected chi connectivity index (χ3v) is 1.87. The molecule has 0 fully saturated rings. The minimum Gasteiger partial charge on any atom is -0.484 e. The molecule has 0 saturated carbocycles. The maximum atomic E-state index is 11.9. The van der Waals surface area contributed by atoms with E-state index in [-0.39, 0.29) is 12.3 Å². The van der Waals surface area contributed by atoms with Gasteiger partial charge in [0.25, 0.3) is 0 Å². The number of hydrogen-bond donors (Lipinski definition) is 1. The van der Waals surface area contributed by atoms with Crippen LogP contribution < -0.4 is 10.5 Å². The monoisotopic (exact) mass is 239 g/mol. The van der Waals surface area contributed by atoms with Gasteiger partial charge in [0.1, 0.15) is 5.75 Å². The highest BCUT2D eigenvalue weighted by Crippen LogP contribution is 2.24. The number of halogens is 4. The van der Waals surface area contributed by atoms with Crippen molar-refractivity contribution < 1.29 is 17.9 Å². The Kier molecular flexibility index (Phi) is 3.82. The lowest BCUT2D eigenvalue weighted by molar-refractivity contribution is -0.153. The minimum absolute atomic E-state index is 0.0771. The fraction of sp³-hybridized carbons (Fsp3) is 0.333. The Labute approximate surface area is 89.8 Å². The molecule has 0 bridgehead atoms. The summed E-state index contributed by atoms with van der Waals surface area (Å²) in [7, 11) is 0. The van der Waals surface area contributed by atoms with Crippen LogP contribution in [0.4, 0.5) is 13.2 Å². The van der Waals surface area contributed by atoms with E-state index in [1.165, 1.54) is 18.2 Å². The Hall–Kier alpha value is -0.940. The Morgan fingerprint density at radius 2 is 2.00 bits per heavy atom. The largest absolute Gasteiger partial charge is 0.484 e. The van der Waals surface area contributed by atoms with Crippen LogP contribution in [0.5, 0.6) is 5.75 Å². The molecule has 0 amide bonds. The predicted molar refractivity (Wildman–Crippen MR) is 50.9 cm³/mol. The zero-order valence-electron chi connectivity index (χ0n) is 7.64. The van der Waals surface area contributed by atoms with Gasteiger partial charge < -0.3 is 10.5 Å². The fourth-order valence-electron chi connectivity index (χ4n) is 1.01. The zero-order chi connectivity index (χ0) is 11.5. The molecule has 0 radical (unpaired) electrons. The van der Waals surface area contributed by atoms with Crippen LogP contribution in [0.25, 0.3) is 0 Å². The first-order chi connectivity index (χ1) is 6.92. The molecule has 15 heavy (non-hydrogen) atoms. The molecule has 2 N–H and O–H groups in total. The standard InChI is InChI=1S/C9H9ClF3NO/c10-7-1-2-8(6(3-7)4-14)15-5-9(11,12)13/h1-3H,4-5,14H2. The van der Waals surface area contributed by atoms with Crippen LogP contribution in [-0.2, 0) is 6.54 Å². The van der Waals surface area contributed by atoms with Crippen LogP contribution in [-0.4, -0.2) is 12.8 Å². The van der Waals surface area contributed by atoms with Gasteiger partial charge in [0.2, 0.25) is 0 Å². The van der Waals surface area contributed by atoms with Crippen molar-refractivity contribution >= 4 is 11.6 Å². The van der Waals surface area contributed by atoms with Crippen LogP contribution >= 0.6 is 11.6 Å². The highest BCUT2D eigenvalue weighted by molar-refractivity contribution is 6.30. The second-order valence-corrected chi connectivity index (χ2v) is 3.30. The molecule has 0 aliphatic rings. The number of ether oxygens (including phenoxy) is 1. The molecule has 0 aromatic heterocycles. The summed E-state index contributed by atoms with van der Waals surface area (Å²) in [5.74, 6) is 0.110. The van der Waals surface area contributed by atoms with Crippen molar-refractivity contribution in [3.05, 3.63) is 28.8 Å². The van der Waals surface area contributed by atoms with Crippen molar-refractivity contribution in [1.82, 2.24) is 0 Å². The first-order valence-electron chi connectivity index (χ1n) is 4.10. The van der Waals surface area contributed by atoms with Crippen LogP contribution in [0.2, 0.25) is 5.02 Å². The SMILES string of the molecule is NCc1cc(Cl)ccc1OCC(F)(F)F. The van der Waals surface area contributed by atoms with E-state index in [4.69, 9.17) is 17.3 Å². The molecular formula is C9H9ClF3NO. The average molecular weight is 240 g/mol. The number of benzene rings is 1. The van der Waals surface area contributed by atoms with Crippen molar-refractivity contribution in [2.24, 2.45) is 5.73 Å². The molecule has 0 saturated heterocycles. The lowest BCUT2D eigenvalue weighted by Crippen LogP contribution is -2.20. The number of hydrogen-bond acceptors (Lipinski definition) is 2. The molecule has 6 heteroatoms. The molecule has 0 spiro atoms. The van der Waals surface area contributed by atoms with Crippen LogP contribution in [0.15, 0.2) is 18.2 Å². The number of nitrogens with two attached hydrogens (primary N) is 1. The molecule has 0 aliphatic heterocycles. The Morgan fingerprint density at radius 1 is 1.33 bits per heavy atom. The van der Waals surface area contributed by atoms with E-state index in [9.17, 15) is 13.2 Å². The zero-order valence-corrected chi connectivity index (χ0v) is 8.40. The van der Waals surface area contributed by atoms with Gasteiger partial charge >= 0.3 is 6.18 Å². The van der Waals surface area contributed by atoms with Crippen LogP contribution in [0.3, 0.4) is 0 Å². The molecule has 1 aromatic rings. The van der Waals surface area contributed by atoms with Crippen LogP contribution in [0, 0.1) is 0 Å². The molecule has 0 heterocycles. The van der Waals surface area contributed by atoms with Crippen molar-refractivity contribution in [3.63, 3.8) is 0 Å². The Morgan fingerprint density at radius 3 is 2.53 bits per heavy atom. The minimum atomic E-state index is -4.36. The highest BCUT2D eigenvalue weighted by atomic mass is 35.5. The van der Waals surface area contributed by atoms with Crippen molar-refractivity contribution in [2.75, 3.05) is 6.61 Å². The molecule has 0 unspecified atom stereocenters. The van der Waals surface area contributed by atoms with Crippen molar-refractivity contribution in [1.29, 1.82) is 0 Å². The molecule has 0 atom stereocenters. The van der Waals surface area contributed by atoms with E-state index in [0.29, 0.717) is 10.6 Å². The summed E-state index contributed by atoms with van der Waals surface area (Å²) in [4.78, 5) is 0. The average Bonchev–Trinajstić information content (AvgIpc) is 2.14. The second kappa shape index (κ2) is 4.72. The van der Waals surface area contributed by atoms with E-state index < -0.39 is 12.8 Å². The first-order valence-corrected chi connectivity index (χ1v) is 4.48. The third kappa shape index (κ3) is 3.97. The predicted octanol–water partition coefficient (Wildman–Crippen LogP) is 2.74. The van der Waals surface area contributed by atoms with Crippen molar-refractivity contribution in [2.45, 2.75) is 12.7 Å². The van der Waals surface area contributed by atoms with Gasteiger partial charge in [0, 0.05) is 17.1 Å². The smallest absolute Gasteiger partial charge is 0.422 e. The van der Waals surface area contributed by atoms with E-state index in [2.05, 4.69) is 4.74 Å². The topological polar surface area (TPSA) is 35.2 Å². The van der Waals surface area contributed by atoms with Gasteiger partial charge in [-0.15, -0.1) is 0 Å². The van der Waals surface area contributed by atoms with E-state index >= 15 is 0 Å². The highest BCUT2D eigenvalue weighted by Gasteiger charge is 2.28. The summed E-state index contributed by atoms with van der Waals surface area (Å²) in [5.41, 5.74) is 5.79. The van der Waals surface area contributed by atoms with E-state index in [1.807, 2.05) is 0 Å². The lowest BCUT2D eigenvalue weighted by atomic mass is 10.2. The number of rotatable bonds is 3. The van der Waals surface area contributed by atoms with Gasteiger partial charge in [0.05, 0.1) is 0 Å². The summed E-state index contributed by atoms with van der Waals surface area (Å²) >= 11 is 5.65. The van der Waals surface area contributed by atoms with Crippen molar-refractivity contribution in [3.8, 4) is 5.75 Å². The van der Waals surface area contributed by atoms with Gasteiger partial charge in [-0.1, -0.05) is 11.6 Å². The lowest BCUT2D eigenvalue weighted by Gasteiger charge is -2.12. The normalized spacial score (nSPS) is 11.5. The Bertz CT molecular complexity index is 341. The van der Waals surface area contributed by atoms with E-state index in [0.717, 1.165) is 0 Å². The van der Waals surface area contributed by atoms with Gasteiger partial charge in [-0.05, 0) is 18.2 Å². The van der Waals surface area contributed by atoms with Crippen LogP contribution in [0.1, 0.15) is 5.56 Å². The molecule has 0 aliphatic carbocycles. The van der Waals surface area contributed by atoms with Gasteiger partial charge in [-0.2, -0.15) is 13.2 Å². The Balaban J connectivity index is 2.76. The second-order valence-electron chi connectivity index (χ2n) is 2.86. The van der Waals surface area contributed by atoms with Gasteiger partial charge in [-0.25, -0.2) is 0 Å². The molecule has 1 rings (SSSR count). The van der Waals surface area contributed by atoms with Gasteiger partial charge in [0.15, 0.2) is 6.61 Å². The summed E-state index contributed by atoms with van der Waals surface area (Å²) in [6.45, 7) is -1.25. The summed E-state index contributed by atoms with van der Waals surface area (Å²) in [6, 6.07) is 4.30. The maximum Gasteiger partial charge on any atom is 0.422 e. The summed E-state index contributed by atoms with van der Waals surface area (Å²) in [5, 5.41) is 0.412. The van der Waals surface area contributed by atoms with Gasteiger partial charge in [-0.3, -0.25) is 0 Å². The first kappa shape index (κ1) is 12.1. The molecule has 1 aromatic carbocycles. The molecular weight excluding hydrogens is 231 g/mol. The maximum absolute atomic E-state index is 11.9. The summed E-state index contributed by atoms with van der Waals surface area (Å²) in [6.07, 6.45) is -4.36. The number of alkyl halides is 3. The van der Waals surface area contributed by atoms with E-state index in [1.54, 1.807) is 0 Å². The fourth-order valence-corrected chi connectivity index (χ4v) is 1.20.